The minimum absolute atomic E-state index is 0.167. The molecule has 0 aromatic rings. The molecule has 5 heteroatoms. The topological polar surface area (TPSA) is 44.8 Å². The quantitative estimate of drug-likeness (QED) is 0.555. The van der Waals surface area contributed by atoms with Crippen LogP contribution in [0.3, 0.4) is 0 Å². The number of likely N-dealkylation sites (N-methyl/N-ethyl adjacent to an activating group) is 2. The molecule has 0 saturated carbocycles. The number of nitrogens with one attached hydrogen (secondary N) is 1. The van der Waals surface area contributed by atoms with Gasteiger partial charge < -0.3 is 19.9 Å². The molecule has 0 spiro atoms. The van der Waals surface area contributed by atoms with Gasteiger partial charge in [0.1, 0.15) is 5.54 Å². The Morgan fingerprint density at radius 1 is 1.14 bits per heavy atom. The second-order valence-electron chi connectivity index (χ2n) is 6.10. The van der Waals surface area contributed by atoms with Crippen molar-refractivity contribution in [2.24, 2.45) is 0 Å². The van der Waals surface area contributed by atoms with Gasteiger partial charge in [0.25, 0.3) is 0 Å². The lowest BCUT2D eigenvalue weighted by molar-refractivity contribution is -0.148. The summed E-state index contributed by atoms with van der Waals surface area (Å²) in [6, 6.07) is 0. The fourth-order valence-electron chi connectivity index (χ4n) is 2.53. The molecule has 0 radical (unpaired) electrons. The maximum atomic E-state index is 11.9. The van der Waals surface area contributed by atoms with Crippen LogP contribution in [0.5, 0.6) is 0 Å². The van der Waals surface area contributed by atoms with Gasteiger partial charge in [0.05, 0.1) is 7.11 Å². The second-order valence-corrected chi connectivity index (χ2v) is 6.10. The van der Waals surface area contributed by atoms with Crippen molar-refractivity contribution >= 4 is 5.97 Å². The molecule has 0 saturated heterocycles. The molecule has 0 amide bonds. The first-order valence-corrected chi connectivity index (χ1v) is 8.10. The van der Waals surface area contributed by atoms with Crippen LogP contribution in [0.15, 0.2) is 0 Å². The molecule has 21 heavy (non-hydrogen) atoms. The highest BCUT2D eigenvalue weighted by Crippen LogP contribution is 2.15. The van der Waals surface area contributed by atoms with Crippen molar-refractivity contribution in [2.45, 2.75) is 45.6 Å². The van der Waals surface area contributed by atoms with Crippen molar-refractivity contribution in [3.8, 4) is 0 Å². The molecule has 1 N–H and O–H groups in total. The molecule has 1 unspecified atom stereocenters. The molecule has 1 atom stereocenters. The Morgan fingerprint density at radius 2 is 1.81 bits per heavy atom. The summed E-state index contributed by atoms with van der Waals surface area (Å²) in [5, 5.41) is 3.26. The number of ether oxygens (including phenoxy) is 1. The van der Waals surface area contributed by atoms with Crippen molar-refractivity contribution in [1.29, 1.82) is 0 Å². The van der Waals surface area contributed by atoms with E-state index in [1.807, 2.05) is 13.8 Å². The standard InChI is InChI=1S/C16H35N3O2/c1-7-11-19(14-13-18(4)5)12-9-10-16(3,17-8-2)15(20)21-6/h17H,7-14H2,1-6H3. The molecule has 0 rings (SSSR count). The largest absolute Gasteiger partial charge is 0.468 e. The first-order chi connectivity index (χ1) is 9.89. The molecule has 0 bridgehead atoms. The minimum atomic E-state index is -0.567. The number of esters is 1. The van der Waals surface area contributed by atoms with Crippen molar-refractivity contribution in [1.82, 2.24) is 15.1 Å². The molecular formula is C16H35N3O2. The number of rotatable bonds is 12. The molecule has 0 fully saturated rings. The van der Waals surface area contributed by atoms with E-state index in [0.29, 0.717) is 0 Å². The summed E-state index contributed by atoms with van der Waals surface area (Å²) < 4.78 is 4.93. The molecule has 5 nitrogen and oxygen atoms in total. The highest BCUT2D eigenvalue weighted by molar-refractivity contribution is 5.80. The molecule has 0 aliphatic heterocycles. The Balaban J connectivity index is 4.33. The first kappa shape index (κ1) is 20.3. The maximum Gasteiger partial charge on any atom is 0.325 e. The zero-order valence-corrected chi connectivity index (χ0v) is 14.9. The Hall–Kier alpha value is -0.650. The van der Waals surface area contributed by atoms with Gasteiger partial charge in [0, 0.05) is 13.1 Å². The van der Waals surface area contributed by atoms with Crippen LogP contribution in [0.4, 0.5) is 0 Å². The van der Waals surface area contributed by atoms with Crippen LogP contribution in [0.2, 0.25) is 0 Å². The van der Waals surface area contributed by atoms with Gasteiger partial charge in [0.2, 0.25) is 0 Å². The van der Waals surface area contributed by atoms with Gasteiger partial charge >= 0.3 is 5.97 Å². The zero-order valence-electron chi connectivity index (χ0n) is 14.9. The molecule has 126 valence electrons. The van der Waals surface area contributed by atoms with Gasteiger partial charge in [-0.1, -0.05) is 13.8 Å². The molecule has 0 aliphatic carbocycles. The third-order valence-electron chi connectivity index (χ3n) is 3.76. The summed E-state index contributed by atoms with van der Waals surface area (Å²) >= 11 is 0. The van der Waals surface area contributed by atoms with Gasteiger partial charge in [-0.2, -0.15) is 0 Å². The van der Waals surface area contributed by atoms with Crippen LogP contribution in [0.25, 0.3) is 0 Å². The smallest absolute Gasteiger partial charge is 0.325 e. The van der Waals surface area contributed by atoms with E-state index in [-0.39, 0.29) is 5.97 Å². The van der Waals surface area contributed by atoms with Crippen LogP contribution in [-0.2, 0) is 9.53 Å². The summed E-state index contributed by atoms with van der Waals surface area (Å²) in [5.41, 5.74) is -0.567. The summed E-state index contributed by atoms with van der Waals surface area (Å²) in [6.07, 6.45) is 2.95. The summed E-state index contributed by atoms with van der Waals surface area (Å²) in [4.78, 5) is 16.6. The third kappa shape index (κ3) is 8.39. The molecule has 0 aromatic carbocycles. The molecule has 0 aliphatic rings. The number of carbonyl (C=O) groups excluding carboxylic acids is 1. The van der Waals surface area contributed by atoms with E-state index in [9.17, 15) is 4.79 Å². The third-order valence-corrected chi connectivity index (χ3v) is 3.76. The van der Waals surface area contributed by atoms with Gasteiger partial charge in [-0.05, 0) is 59.9 Å². The average Bonchev–Trinajstić information content (AvgIpc) is 2.44. The normalized spacial score (nSPS) is 14.5. The fourth-order valence-corrected chi connectivity index (χ4v) is 2.53. The fraction of sp³-hybridized carbons (Fsp3) is 0.938. The lowest BCUT2D eigenvalue weighted by atomic mass is 9.95. The SMILES string of the molecule is CCCN(CCCC(C)(NCC)C(=O)OC)CCN(C)C. The van der Waals surface area contributed by atoms with Crippen LogP contribution < -0.4 is 5.32 Å². The van der Waals surface area contributed by atoms with Gasteiger partial charge in [0.15, 0.2) is 0 Å². The van der Waals surface area contributed by atoms with E-state index < -0.39 is 5.54 Å². The average molecular weight is 301 g/mol. The van der Waals surface area contributed by atoms with Crippen molar-refractivity contribution in [3.63, 3.8) is 0 Å². The van der Waals surface area contributed by atoms with Crippen molar-refractivity contribution in [3.05, 3.63) is 0 Å². The van der Waals surface area contributed by atoms with E-state index >= 15 is 0 Å². The number of carbonyl (C=O) groups is 1. The van der Waals surface area contributed by atoms with Crippen LogP contribution in [-0.4, -0.2) is 75.2 Å². The van der Waals surface area contributed by atoms with E-state index in [2.05, 4.69) is 36.1 Å². The number of hydrogen-bond acceptors (Lipinski definition) is 5. The lowest BCUT2D eigenvalue weighted by Gasteiger charge is -2.29. The van der Waals surface area contributed by atoms with E-state index in [4.69, 9.17) is 4.74 Å². The molecular weight excluding hydrogens is 266 g/mol. The van der Waals surface area contributed by atoms with Crippen LogP contribution in [0, 0.1) is 0 Å². The van der Waals surface area contributed by atoms with E-state index in [1.165, 1.54) is 7.11 Å². The van der Waals surface area contributed by atoms with Gasteiger partial charge in [-0.3, -0.25) is 4.79 Å². The Morgan fingerprint density at radius 3 is 2.29 bits per heavy atom. The van der Waals surface area contributed by atoms with Gasteiger partial charge in [-0.15, -0.1) is 0 Å². The summed E-state index contributed by atoms with van der Waals surface area (Å²) in [7, 11) is 5.66. The van der Waals surface area contributed by atoms with E-state index in [1.54, 1.807) is 0 Å². The number of nitrogens with zero attached hydrogens (tertiary/aromatic N) is 2. The highest BCUT2D eigenvalue weighted by atomic mass is 16.5. The van der Waals surface area contributed by atoms with Crippen LogP contribution >= 0.6 is 0 Å². The maximum absolute atomic E-state index is 11.9. The number of methoxy groups -OCH3 is 1. The Bertz CT molecular complexity index is 285. The predicted octanol–water partition coefficient (Wildman–Crippen LogP) is 1.58. The zero-order chi connectivity index (χ0) is 16.3. The van der Waals surface area contributed by atoms with Crippen LogP contribution in [0.1, 0.15) is 40.0 Å². The predicted molar refractivity (Wildman–Crippen MR) is 88.6 cm³/mol. The summed E-state index contributed by atoms with van der Waals surface area (Å²) in [6.45, 7) is 11.2. The second kappa shape index (κ2) is 11.0. The van der Waals surface area contributed by atoms with Crippen molar-refractivity contribution < 1.29 is 9.53 Å². The van der Waals surface area contributed by atoms with E-state index in [0.717, 1.165) is 52.0 Å². The van der Waals surface area contributed by atoms with Gasteiger partial charge in [-0.25, -0.2) is 0 Å². The monoisotopic (exact) mass is 301 g/mol. The Labute approximate surface area is 131 Å². The minimum Gasteiger partial charge on any atom is -0.468 e. The highest BCUT2D eigenvalue weighted by Gasteiger charge is 2.32. The van der Waals surface area contributed by atoms with Crippen molar-refractivity contribution in [2.75, 3.05) is 53.9 Å². The summed E-state index contributed by atoms with van der Waals surface area (Å²) in [5.74, 6) is -0.167. The number of hydrogen-bond donors (Lipinski definition) is 1. The molecule has 0 aromatic heterocycles. The molecule has 0 heterocycles. The Kier molecular flexibility index (Phi) is 10.6. The first-order valence-electron chi connectivity index (χ1n) is 8.10. The lowest BCUT2D eigenvalue weighted by Crippen LogP contribution is -2.50.